The van der Waals surface area contributed by atoms with Gasteiger partial charge >= 0.3 is 0 Å². The molecule has 3 heterocycles. The molecule has 0 unspecified atom stereocenters. The van der Waals surface area contributed by atoms with Crippen molar-refractivity contribution >= 4 is 47.2 Å². The van der Waals surface area contributed by atoms with Crippen molar-refractivity contribution in [1.82, 2.24) is 4.98 Å². The van der Waals surface area contributed by atoms with E-state index in [0.717, 1.165) is 27.8 Å². The number of fused-ring (bicyclic) bond motifs is 1. The van der Waals surface area contributed by atoms with Crippen molar-refractivity contribution in [3.63, 3.8) is 0 Å². The van der Waals surface area contributed by atoms with Gasteiger partial charge in [0, 0.05) is 5.38 Å². The Morgan fingerprint density at radius 2 is 1.87 bits per heavy atom. The monoisotopic (exact) mass is 363 g/mol. The van der Waals surface area contributed by atoms with E-state index in [4.69, 9.17) is 9.47 Å². The summed E-state index contributed by atoms with van der Waals surface area (Å²) in [6, 6.07) is 10.1. The van der Waals surface area contributed by atoms with Crippen LogP contribution in [0.15, 0.2) is 41.1 Å². The highest BCUT2D eigenvalue weighted by Crippen LogP contribution is 2.31. The molecule has 1 aromatic carbocycles. The summed E-state index contributed by atoms with van der Waals surface area (Å²) in [6.45, 7) is 1.23. The maximum atomic E-state index is 5.60. The van der Waals surface area contributed by atoms with Crippen molar-refractivity contribution in [1.29, 1.82) is 0 Å². The summed E-state index contributed by atoms with van der Waals surface area (Å²) < 4.78 is 11.1. The Morgan fingerprint density at radius 3 is 2.70 bits per heavy atom. The Kier molecular flexibility index (Phi) is 5.00. The smallest absolute Gasteiger partial charge is 0.161 e. The molecule has 4 rings (SSSR count). The summed E-state index contributed by atoms with van der Waals surface area (Å²) in [4.78, 5) is 5.85. The first-order valence-corrected chi connectivity index (χ1v) is 8.71. The summed E-state index contributed by atoms with van der Waals surface area (Å²) in [5, 5.41) is 5.16. The lowest BCUT2D eigenvalue weighted by atomic mass is 10.2. The van der Waals surface area contributed by atoms with Gasteiger partial charge in [0.25, 0.3) is 0 Å². The number of halogens is 1. The van der Waals surface area contributed by atoms with E-state index in [1.165, 1.54) is 4.88 Å². The van der Waals surface area contributed by atoms with Crippen LogP contribution < -0.4 is 9.47 Å². The fourth-order valence-corrected chi connectivity index (χ4v) is 3.70. The van der Waals surface area contributed by atoms with Crippen molar-refractivity contribution in [2.24, 2.45) is 0 Å². The molecule has 0 radical (unpaired) electrons. The lowest BCUT2D eigenvalue weighted by Crippen LogP contribution is -2.15. The predicted molar refractivity (Wildman–Crippen MR) is 99.0 cm³/mol. The van der Waals surface area contributed by atoms with Gasteiger partial charge in [-0.25, -0.2) is 4.98 Å². The van der Waals surface area contributed by atoms with E-state index in [1.54, 1.807) is 22.7 Å². The third kappa shape index (κ3) is 3.58. The van der Waals surface area contributed by atoms with Crippen LogP contribution in [0.2, 0.25) is 0 Å². The van der Waals surface area contributed by atoms with Gasteiger partial charge in [-0.05, 0) is 35.2 Å². The molecule has 0 saturated heterocycles. The number of benzene rings is 1. The molecule has 1 aliphatic rings. The third-order valence-electron chi connectivity index (χ3n) is 3.28. The molecule has 0 saturated carbocycles. The van der Waals surface area contributed by atoms with Crippen LogP contribution in [-0.4, -0.2) is 18.2 Å². The fourth-order valence-electron chi connectivity index (χ4n) is 2.23. The van der Waals surface area contributed by atoms with Crippen molar-refractivity contribution < 1.29 is 9.47 Å². The maximum Gasteiger partial charge on any atom is 0.161 e. The highest BCUT2D eigenvalue weighted by Gasteiger charge is 2.10. The standard InChI is InChI=1S/C17H13NO2S2.ClH/c1-2-16(21-9-1)13-11-22-17(18-13)6-4-12-3-5-14-15(10-12)20-8-7-19-14;/h1-6,9-11H,7-8H2;1H/b6-4+;. The SMILES string of the molecule is C(=C\c1nc(-c2cccs2)cs1)/c1ccc2c(c1)OCCO2.Cl. The minimum absolute atomic E-state index is 0. The maximum absolute atomic E-state index is 5.60. The first-order chi connectivity index (χ1) is 10.9. The van der Waals surface area contributed by atoms with Gasteiger partial charge in [-0.15, -0.1) is 35.1 Å². The molecule has 0 spiro atoms. The Morgan fingerprint density at radius 1 is 1.00 bits per heavy atom. The first kappa shape index (κ1) is 16.1. The molecular weight excluding hydrogens is 350 g/mol. The lowest BCUT2D eigenvalue weighted by Gasteiger charge is -2.18. The predicted octanol–water partition coefficient (Wildman–Crippen LogP) is 5.24. The van der Waals surface area contributed by atoms with Gasteiger partial charge in [0.1, 0.15) is 18.2 Å². The van der Waals surface area contributed by atoms with Crippen molar-refractivity contribution in [3.8, 4) is 22.1 Å². The van der Waals surface area contributed by atoms with Gasteiger partial charge < -0.3 is 9.47 Å². The molecule has 118 valence electrons. The van der Waals surface area contributed by atoms with Crippen LogP contribution in [0, 0.1) is 0 Å². The van der Waals surface area contributed by atoms with E-state index in [1.807, 2.05) is 30.3 Å². The minimum atomic E-state index is 0. The van der Waals surface area contributed by atoms with Crippen LogP contribution >= 0.6 is 35.1 Å². The zero-order valence-corrected chi connectivity index (χ0v) is 14.5. The summed E-state index contributed by atoms with van der Waals surface area (Å²) in [7, 11) is 0. The highest BCUT2D eigenvalue weighted by molar-refractivity contribution is 7.14. The second kappa shape index (κ2) is 7.17. The molecule has 0 bridgehead atoms. The van der Waals surface area contributed by atoms with Crippen LogP contribution in [-0.2, 0) is 0 Å². The summed E-state index contributed by atoms with van der Waals surface area (Å²) in [5.74, 6) is 1.63. The minimum Gasteiger partial charge on any atom is -0.486 e. The van der Waals surface area contributed by atoms with Crippen LogP contribution in [0.5, 0.6) is 11.5 Å². The molecule has 0 fully saturated rings. The zero-order valence-electron chi connectivity index (χ0n) is 12.1. The first-order valence-electron chi connectivity index (χ1n) is 6.96. The number of rotatable bonds is 3. The Bertz CT molecular complexity index is 812. The zero-order chi connectivity index (χ0) is 14.8. The highest BCUT2D eigenvalue weighted by atomic mass is 35.5. The quantitative estimate of drug-likeness (QED) is 0.638. The second-order valence-corrected chi connectivity index (χ2v) is 6.62. The molecule has 0 aliphatic carbocycles. The van der Waals surface area contributed by atoms with Gasteiger partial charge in [0.05, 0.1) is 10.6 Å². The van der Waals surface area contributed by atoms with E-state index >= 15 is 0 Å². The largest absolute Gasteiger partial charge is 0.486 e. The molecule has 0 N–H and O–H groups in total. The molecule has 0 amide bonds. The topological polar surface area (TPSA) is 31.4 Å². The van der Waals surface area contributed by atoms with Crippen LogP contribution in [0.25, 0.3) is 22.7 Å². The number of thiazole rings is 1. The summed E-state index contributed by atoms with van der Waals surface area (Å²) in [5.41, 5.74) is 2.12. The molecule has 3 aromatic rings. The van der Waals surface area contributed by atoms with E-state index in [-0.39, 0.29) is 12.4 Å². The Hall–Kier alpha value is -1.82. The molecule has 23 heavy (non-hydrogen) atoms. The van der Waals surface area contributed by atoms with Crippen molar-refractivity contribution in [3.05, 3.63) is 51.7 Å². The number of nitrogens with zero attached hydrogens (tertiary/aromatic N) is 1. The summed E-state index contributed by atoms with van der Waals surface area (Å²) >= 11 is 3.36. The van der Waals surface area contributed by atoms with E-state index in [0.29, 0.717) is 13.2 Å². The molecule has 1 aliphatic heterocycles. The van der Waals surface area contributed by atoms with Crippen molar-refractivity contribution in [2.45, 2.75) is 0 Å². The lowest BCUT2D eigenvalue weighted by molar-refractivity contribution is 0.171. The van der Waals surface area contributed by atoms with Gasteiger partial charge in [-0.1, -0.05) is 18.2 Å². The average Bonchev–Trinajstić information content (AvgIpc) is 3.24. The second-order valence-electron chi connectivity index (χ2n) is 4.78. The van der Waals surface area contributed by atoms with E-state index < -0.39 is 0 Å². The Labute approximate surface area is 148 Å². The molecule has 0 atom stereocenters. The van der Waals surface area contributed by atoms with Crippen LogP contribution in [0.3, 0.4) is 0 Å². The Balaban J connectivity index is 0.00000156. The molecular formula is C17H14ClNO2S2. The van der Waals surface area contributed by atoms with E-state index in [9.17, 15) is 0 Å². The van der Waals surface area contributed by atoms with Crippen LogP contribution in [0.4, 0.5) is 0 Å². The molecule has 2 aromatic heterocycles. The fraction of sp³-hybridized carbons (Fsp3) is 0.118. The van der Waals surface area contributed by atoms with Gasteiger partial charge in [0.15, 0.2) is 11.5 Å². The number of hydrogen-bond donors (Lipinski definition) is 0. The van der Waals surface area contributed by atoms with Gasteiger partial charge in [0.2, 0.25) is 0 Å². The average molecular weight is 364 g/mol. The number of ether oxygens (including phenoxy) is 2. The molecule has 3 nitrogen and oxygen atoms in total. The van der Waals surface area contributed by atoms with Gasteiger partial charge in [-0.2, -0.15) is 0 Å². The number of hydrogen-bond acceptors (Lipinski definition) is 5. The van der Waals surface area contributed by atoms with Crippen molar-refractivity contribution in [2.75, 3.05) is 13.2 Å². The van der Waals surface area contributed by atoms with Gasteiger partial charge in [-0.3, -0.25) is 0 Å². The number of thiophene rings is 1. The molecule has 6 heteroatoms. The van der Waals surface area contributed by atoms with Crippen LogP contribution in [0.1, 0.15) is 10.6 Å². The summed E-state index contributed by atoms with van der Waals surface area (Å²) in [6.07, 6.45) is 4.09. The third-order valence-corrected chi connectivity index (χ3v) is 4.98. The number of aromatic nitrogens is 1. The normalized spacial score (nSPS) is 13.0. The van der Waals surface area contributed by atoms with E-state index in [2.05, 4.69) is 27.9 Å².